The van der Waals surface area contributed by atoms with Crippen molar-refractivity contribution in [3.8, 4) is 0 Å². The number of ketones is 1. The van der Waals surface area contributed by atoms with E-state index in [0.717, 1.165) is 18.8 Å². The van der Waals surface area contributed by atoms with Gasteiger partial charge >= 0.3 is 0 Å². The summed E-state index contributed by atoms with van der Waals surface area (Å²) in [5.74, 6) is 2.23. The first-order valence-electron chi connectivity index (χ1n) is 5.66. The Labute approximate surface area is 87.0 Å². The second kappa shape index (κ2) is 5.50. The van der Waals surface area contributed by atoms with Crippen molar-refractivity contribution in [1.29, 1.82) is 0 Å². The number of Topliss-reactive ketones (excluding diaryl/α,β-unsaturated/α-hetero) is 1. The molecule has 1 saturated carbocycles. The summed E-state index contributed by atoms with van der Waals surface area (Å²) in [4.78, 5) is 11.7. The smallest absolute Gasteiger partial charge is 0.138 e. The third-order valence-corrected chi connectivity index (χ3v) is 3.61. The van der Waals surface area contributed by atoms with E-state index in [0.29, 0.717) is 30.6 Å². The van der Waals surface area contributed by atoms with Crippen molar-refractivity contribution in [2.75, 3.05) is 13.7 Å². The van der Waals surface area contributed by atoms with Crippen LogP contribution in [-0.2, 0) is 9.53 Å². The Kier molecular flexibility index (Phi) is 4.59. The molecule has 0 saturated heterocycles. The molecule has 1 rings (SSSR count). The van der Waals surface area contributed by atoms with Gasteiger partial charge in [-0.1, -0.05) is 13.8 Å². The summed E-state index contributed by atoms with van der Waals surface area (Å²) in [5.41, 5.74) is 0. The van der Waals surface area contributed by atoms with Gasteiger partial charge < -0.3 is 4.74 Å². The van der Waals surface area contributed by atoms with Crippen molar-refractivity contribution >= 4 is 5.78 Å². The summed E-state index contributed by atoms with van der Waals surface area (Å²) >= 11 is 0. The first kappa shape index (κ1) is 11.7. The second-order valence-electron chi connectivity index (χ2n) is 4.67. The maximum atomic E-state index is 11.7. The van der Waals surface area contributed by atoms with Crippen LogP contribution in [0.3, 0.4) is 0 Å². The molecule has 0 amide bonds. The molecule has 0 heterocycles. The molecule has 1 aliphatic rings. The predicted octanol–water partition coefficient (Wildman–Crippen LogP) is 2.66. The minimum Gasteiger partial charge on any atom is -0.384 e. The number of hydrogen-bond acceptors (Lipinski definition) is 2. The van der Waals surface area contributed by atoms with Crippen molar-refractivity contribution in [1.82, 2.24) is 0 Å². The third kappa shape index (κ3) is 3.09. The molecule has 0 N–H and O–H groups in total. The first-order valence-corrected chi connectivity index (χ1v) is 5.66. The van der Waals surface area contributed by atoms with Gasteiger partial charge in [0.2, 0.25) is 0 Å². The molecule has 1 aliphatic carbocycles. The highest BCUT2D eigenvalue weighted by Gasteiger charge is 2.28. The summed E-state index contributed by atoms with van der Waals surface area (Å²) in [7, 11) is 1.65. The molecule has 3 atom stereocenters. The number of rotatable bonds is 4. The van der Waals surface area contributed by atoms with Crippen molar-refractivity contribution in [2.24, 2.45) is 17.8 Å². The highest BCUT2D eigenvalue weighted by Crippen LogP contribution is 2.34. The fraction of sp³-hybridized carbons (Fsp3) is 0.917. The Hall–Kier alpha value is -0.370. The fourth-order valence-electron chi connectivity index (χ4n) is 2.25. The van der Waals surface area contributed by atoms with E-state index in [2.05, 4.69) is 13.8 Å². The van der Waals surface area contributed by atoms with Crippen LogP contribution in [0, 0.1) is 17.8 Å². The highest BCUT2D eigenvalue weighted by atomic mass is 16.5. The summed E-state index contributed by atoms with van der Waals surface area (Å²) in [6.45, 7) is 5.14. The lowest BCUT2D eigenvalue weighted by Crippen LogP contribution is -2.26. The number of carbonyl (C=O) groups is 1. The number of carbonyl (C=O) groups excluding carboxylic acids is 1. The van der Waals surface area contributed by atoms with Crippen LogP contribution < -0.4 is 0 Å². The molecule has 82 valence electrons. The Morgan fingerprint density at radius 1 is 1.29 bits per heavy atom. The van der Waals surface area contributed by atoms with Crippen molar-refractivity contribution < 1.29 is 9.53 Å². The zero-order valence-corrected chi connectivity index (χ0v) is 9.58. The molecule has 2 heteroatoms. The van der Waals surface area contributed by atoms with E-state index in [1.54, 1.807) is 7.11 Å². The molecule has 0 spiro atoms. The second-order valence-corrected chi connectivity index (χ2v) is 4.67. The van der Waals surface area contributed by atoms with Crippen LogP contribution >= 0.6 is 0 Å². The van der Waals surface area contributed by atoms with Crippen LogP contribution in [0.25, 0.3) is 0 Å². The first-order chi connectivity index (χ1) is 6.65. The van der Waals surface area contributed by atoms with Gasteiger partial charge in [0.05, 0.1) is 6.61 Å². The van der Waals surface area contributed by atoms with Gasteiger partial charge in [0, 0.05) is 19.4 Å². The summed E-state index contributed by atoms with van der Waals surface area (Å²) < 4.78 is 4.93. The van der Waals surface area contributed by atoms with Crippen LogP contribution in [-0.4, -0.2) is 19.5 Å². The van der Waals surface area contributed by atoms with E-state index in [4.69, 9.17) is 4.74 Å². The molecular weight excluding hydrogens is 176 g/mol. The Bertz CT molecular complexity index is 189. The Morgan fingerprint density at radius 3 is 2.57 bits per heavy atom. The average molecular weight is 198 g/mol. The van der Waals surface area contributed by atoms with E-state index in [9.17, 15) is 4.79 Å². The summed E-state index contributed by atoms with van der Waals surface area (Å²) in [6, 6.07) is 0. The Balaban J connectivity index is 2.34. The van der Waals surface area contributed by atoms with Crippen molar-refractivity contribution in [3.63, 3.8) is 0 Å². The fourth-order valence-corrected chi connectivity index (χ4v) is 2.25. The topological polar surface area (TPSA) is 26.3 Å². The van der Waals surface area contributed by atoms with E-state index >= 15 is 0 Å². The number of methoxy groups -OCH3 is 1. The van der Waals surface area contributed by atoms with Gasteiger partial charge in [0.25, 0.3) is 0 Å². The quantitative estimate of drug-likeness (QED) is 0.694. The zero-order valence-electron chi connectivity index (χ0n) is 9.58. The SMILES string of the molecule is COCCC(=O)C1CCC(C)C(C)C1. The van der Waals surface area contributed by atoms with E-state index in [-0.39, 0.29) is 0 Å². The standard InChI is InChI=1S/C12H22O2/c1-9-4-5-11(8-10(9)2)12(13)6-7-14-3/h9-11H,4-8H2,1-3H3. The largest absolute Gasteiger partial charge is 0.384 e. The lowest BCUT2D eigenvalue weighted by atomic mass is 9.74. The van der Waals surface area contributed by atoms with Crippen LogP contribution in [0.5, 0.6) is 0 Å². The van der Waals surface area contributed by atoms with Crippen LogP contribution in [0.1, 0.15) is 39.5 Å². The molecule has 0 aromatic rings. The minimum absolute atomic E-state index is 0.316. The van der Waals surface area contributed by atoms with Crippen LogP contribution in [0.2, 0.25) is 0 Å². The maximum absolute atomic E-state index is 11.7. The summed E-state index contributed by atoms with van der Waals surface area (Å²) in [5, 5.41) is 0. The average Bonchev–Trinajstić information content (AvgIpc) is 2.18. The number of ether oxygens (including phenoxy) is 1. The Morgan fingerprint density at radius 2 is 2.00 bits per heavy atom. The van der Waals surface area contributed by atoms with Gasteiger partial charge in [-0.2, -0.15) is 0 Å². The molecule has 2 nitrogen and oxygen atoms in total. The monoisotopic (exact) mass is 198 g/mol. The molecule has 0 aromatic heterocycles. The van der Waals surface area contributed by atoms with Gasteiger partial charge in [-0.15, -0.1) is 0 Å². The molecular formula is C12H22O2. The summed E-state index contributed by atoms with van der Waals surface area (Å²) in [6.07, 6.45) is 3.99. The highest BCUT2D eigenvalue weighted by molar-refractivity contribution is 5.81. The van der Waals surface area contributed by atoms with E-state index in [1.165, 1.54) is 6.42 Å². The van der Waals surface area contributed by atoms with Crippen LogP contribution in [0.15, 0.2) is 0 Å². The molecule has 14 heavy (non-hydrogen) atoms. The molecule has 0 radical (unpaired) electrons. The molecule has 3 unspecified atom stereocenters. The number of hydrogen-bond donors (Lipinski definition) is 0. The maximum Gasteiger partial charge on any atom is 0.138 e. The third-order valence-electron chi connectivity index (χ3n) is 3.61. The van der Waals surface area contributed by atoms with Gasteiger partial charge in [0.1, 0.15) is 5.78 Å². The van der Waals surface area contributed by atoms with Crippen molar-refractivity contribution in [2.45, 2.75) is 39.5 Å². The lowest BCUT2D eigenvalue weighted by molar-refractivity contribution is -0.125. The molecule has 0 aliphatic heterocycles. The molecule has 1 fully saturated rings. The normalized spacial score (nSPS) is 32.9. The van der Waals surface area contributed by atoms with Crippen molar-refractivity contribution in [3.05, 3.63) is 0 Å². The van der Waals surface area contributed by atoms with E-state index < -0.39 is 0 Å². The predicted molar refractivity (Wildman–Crippen MR) is 57.2 cm³/mol. The minimum atomic E-state index is 0.316. The lowest BCUT2D eigenvalue weighted by Gasteiger charge is -2.31. The molecule has 0 bridgehead atoms. The van der Waals surface area contributed by atoms with Gasteiger partial charge in [-0.25, -0.2) is 0 Å². The van der Waals surface area contributed by atoms with Gasteiger partial charge in [-0.05, 0) is 31.1 Å². The van der Waals surface area contributed by atoms with Gasteiger partial charge in [-0.3, -0.25) is 4.79 Å². The van der Waals surface area contributed by atoms with E-state index in [1.807, 2.05) is 0 Å². The van der Waals surface area contributed by atoms with Crippen LogP contribution in [0.4, 0.5) is 0 Å². The zero-order chi connectivity index (χ0) is 10.6. The molecule has 0 aromatic carbocycles. The van der Waals surface area contributed by atoms with Gasteiger partial charge in [0.15, 0.2) is 0 Å².